The second-order valence-electron chi connectivity index (χ2n) is 4.59. The van der Waals surface area contributed by atoms with Crippen molar-refractivity contribution in [2.45, 2.75) is 13.0 Å². The number of hydrogen-bond acceptors (Lipinski definition) is 3. The number of fused-ring (bicyclic) bond motifs is 1. The molecule has 1 aromatic carbocycles. The molecule has 102 valence electrons. The molecule has 2 aromatic heterocycles. The van der Waals surface area contributed by atoms with Crippen LogP contribution in [-0.2, 0) is 0 Å². The van der Waals surface area contributed by atoms with Gasteiger partial charge in [-0.25, -0.2) is 18.7 Å². The minimum absolute atomic E-state index is 0.321. The Morgan fingerprint density at radius 1 is 1.30 bits per heavy atom. The van der Waals surface area contributed by atoms with Gasteiger partial charge in [0.25, 0.3) is 0 Å². The van der Waals surface area contributed by atoms with Crippen molar-refractivity contribution in [3.8, 4) is 5.69 Å². The Morgan fingerprint density at radius 2 is 2.10 bits per heavy atom. The lowest BCUT2D eigenvalue weighted by Crippen LogP contribution is -2.31. The van der Waals surface area contributed by atoms with E-state index >= 15 is 0 Å². The summed E-state index contributed by atoms with van der Waals surface area (Å²) in [4.78, 5) is 16.9. The monoisotopic (exact) mass is 272 g/mol. The molecule has 0 amide bonds. The van der Waals surface area contributed by atoms with Crippen LogP contribution in [0.15, 0.2) is 47.4 Å². The van der Waals surface area contributed by atoms with Gasteiger partial charge in [0.2, 0.25) is 0 Å². The predicted molar refractivity (Wildman–Crippen MR) is 73.3 cm³/mol. The van der Waals surface area contributed by atoms with Gasteiger partial charge in [0.15, 0.2) is 0 Å². The Balaban J connectivity index is 2.40. The smallest absolute Gasteiger partial charge is 0.322 e. The first-order valence-electron chi connectivity index (χ1n) is 6.19. The molecule has 0 bridgehead atoms. The molecule has 0 radical (unpaired) electrons. The summed E-state index contributed by atoms with van der Waals surface area (Å²) in [5.74, 6) is -0.0237. The van der Waals surface area contributed by atoms with Crippen molar-refractivity contribution in [2.24, 2.45) is 5.73 Å². The van der Waals surface area contributed by atoms with Gasteiger partial charge in [0.05, 0.1) is 11.7 Å². The first kappa shape index (κ1) is 12.6. The number of aromatic nitrogens is 3. The Labute approximate surface area is 114 Å². The number of halogens is 1. The summed E-state index contributed by atoms with van der Waals surface area (Å²) in [6, 6.07) is 8.79. The van der Waals surface area contributed by atoms with Crippen molar-refractivity contribution in [1.29, 1.82) is 0 Å². The van der Waals surface area contributed by atoms with Crippen molar-refractivity contribution in [3.05, 3.63) is 64.7 Å². The van der Waals surface area contributed by atoms with E-state index in [2.05, 4.69) is 4.98 Å². The van der Waals surface area contributed by atoms with Crippen LogP contribution in [-0.4, -0.2) is 14.0 Å². The Kier molecular flexibility index (Phi) is 2.87. The lowest BCUT2D eigenvalue weighted by molar-refractivity contribution is 0.621. The van der Waals surface area contributed by atoms with Crippen molar-refractivity contribution in [2.75, 3.05) is 0 Å². The van der Waals surface area contributed by atoms with Gasteiger partial charge in [0.1, 0.15) is 17.3 Å². The number of hydrogen-bond donors (Lipinski definition) is 1. The molecule has 3 rings (SSSR count). The second-order valence-corrected chi connectivity index (χ2v) is 4.59. The quantitative estimate of drug-likeness (QED) is 0.771. The molecule has 5 nitrogen and oxygen atoms in total. The van der Waals surface area contributed by atoms with Crippen LogP contribution in [0, 0.1) is 5.82 Å². The molecule has 2 heterocycles. The summed E-state index contributed by atoms with van der Waals surface area (Å²) in [6.45, 7) is 1.73. The van der Waals surface area contributed by atoms with Gasteiger partial charge in [-0.15, -0.1) is 0 Å². The highest BCUT2D eigenvalue weighted by Crippen LogP contribution is 2.14. The zero-order valence-electron chi connectivity index (χ0n) is 10.8. The fourth-order valence-corrected chi connectivity index (χ4v) is 2.16. The number of nitrogens with zero attached hydrogens (tertiary/aromatic N) is 3. The summed E-state index contributed by atoms with van der Waals surface area (Å²) in [7, 11) is 0. The summed E-state index contributed by atoms with van der Waals surface area (Å²) in [5.41, 5.74) is 6.50. The normalized spacial score (nSPS) is 12.8. The Hall–Kier alpha value is -2.47. The molecule has 0 spiro atoms. The molecule has 20 heavy (non-hydrogen) atoms. The van der Waals surface area contributed by atoms with Crippen LogP contribution < -0.4 is 11.4 Å². The van der Waals surface area contributed by atoms with E-state index in [1.807, 2.05) is 0 Å². The van der Waals surface area contributed by atoms with E-state index in [1.165, 1.54) is 21.1 Å². The standard InChI is InChI=1S/C14H13FN4O/c1-9(16)13-17-12-6-3-7-18(12)14(20)19(13)11-5-2-4-10(15)8-11/h2-9H,16H2,1H3/t9-/m0/s1. The fraction of sp³-hybridized carbons (Fsp3) is 0.143. The Bertz CT molecular complexity index is 835. The molecular weight excluding hydrogens is 259 g/mol. The molecule has 1 atom stereocenters. The van der Waals surface area contributed by atoms with Crippen LogP contribution in [0.25, 0.3) is 11.3 Å². The molecular formula is C14H13FN4O. The zero-order chi connectivity index (χ0) is 14.3. The Morgan fingerprint density at radius 3 is 2.80 bits per heavy atom. The van der Waals surface area contributed by atoms with Gasteiger partial charge in [0, 0.05) is 6.20 Å². The maximum atomic E-state index is 13.4. The van der Waals surface area contributed by atoms with Gasteiger partial charge < -0.3 is 5.73 Å². The minimum Gasteiger partial charge on any atom is -0.322 e. The number of nitrogens with two attached hydrogens (primary N) is 1. The molecule has 0 aliphatic carbocycles. The third-order valence-electron chi connectivity index (χ3n) is 3.06. The molecule has 0 aliphatic rings. The van der Waals surface area contributed by atoms with Crippen LogP contribution in [0.3, 0.4) is 0 Å². The first-order valence-corrected chi connectivity index (χ1v) is 6.19. The molecule has 2 N–H and O–H groups in total. The predicted octanol–water partition coefficient (Wildman–Crippen LogP) is 1.64. The third-order valence-corrected chi connectivity index (χ3v) is 3.06. The zero-order valence-corrected chi connectivity index (χ0v) is 10.8. The van der Waals surface area contributed by atoms with E-state index in [1.54, 1.807) is 37.4 Å². The first-order chi connectivity index (χ1) is 9.58. The average Bonchev–Trinajstić information content (AvgIpc) is 2.87. The van der Waals surface area contributed by atoms with Gasteiger partial charge in [-0.3, -0.25) is 4.40 Å². The van der Waals surface area contributed by atoms with E-state index in [0.29, 0.717) is 17.2 Å². The van der Waals surface area contributed by atoms with Gasteiger partial charge in [-0.05, 0) is 37.3 Å². The largest absolute Gasteiger partial charge is 0.339 e. The second kappa shape index (κ2) is 4.57. The number of rotatable bonds is 2. The summed E-state index contributed by atoms with van der Waals surface area (Å²) in [5, 5.41) is 0. The molecule has 0 unspecified atom stereocenters. The fourth-order valence-electron chi connectivity index (χ4n) is 2.16. The molecule has 3 aromatic rings. The number of benzene rings is 1. The SMILES string of the molecule is C[C@H](N)c1nc2cccn2c(=O)n1-c1cccc(F)c1. The molecule has 6 heteroatoms. The molecule has 0 saturated heterocycles. The van der Waals surface area contributed by atoms with Crippen LogP contribution >= 0.6 is 0 Å². The molecule has 0 saturated carbocycles. The molecule has 0 aliphatic heterocycles. The third kappa shape index (κ3) is 1.90. The summed E-state index contributed by atoms with van der Waals surface area (Å²) >= 11 is 0. The minimum atomic E-state index is -0.453. The summed E-state index contributed by atoms with van der Waals surface area (Å²) in [6.07, 6.45) is 1.62. The van der Waals surface area contributed by atoms with Crippen molar-refractivity contribution in [3.63, 3.8) is 0 Å². The average molecular weight is 272 g/mol. The summed E-state index contributed by atoms with van der Waals surface area (Å²) < 4.78 is 16.1. The van der Waals surface area contributed by atoms with E-state index < -0.39 is 11.9 Å². The van der Waals surface area contributed by atoms with Crippen LogP contribution in [0.2, 0.25) is 0 Å². The van der Waals surface area contributed by atoms with Crippen LogP contribution in [0.5, 0.6) is 0 Å². The van der Waals surface area contributed by atoms with Gasteiger partial charge in [-0.1, -0.05) is 6.07 Å². The van der Waals surface area contributed by atoms with Crippen LogP contribution in [0.1, 0.15) is 18.8 Å². The maximum absolute atomic E-state index is 13.4. The van der Waals surface area contributed by atoms with Gasteiger partial charge in [-0.2, -0.15) is 0 Å². The van der Waals surface area contributed by atoms with E-state index in [4.69, 9.17) is 5.73 Å². The van der Waals surface area contributed by atoms with Gasteiger partial charge >= 0.3 is 5.69 Å². The highest BCUT2D eigenvalue weighted by Gasteiger charge is 2.15. The van der Waals surface area contributed by atoms with Crippen LogP contribution in [0.4, 0.5) is 4.39 Å². The molecule has 0 fully saturated rings. The van der Waals surface area contributed by atoms with E-state index in [-0.39, 0.29) is 5.69 Å². The highest BCUT2D eigenvalue weighted by molar-refractivity contribution is 5.41. The lowest BCUT2D eigenvalue weighted by atomic mass is 10.2. The van der Waals surface area contributed by atoms with E-state index in [9.17, 15) is 9.18 Å². The highest BCUT2D eigenvalue weighted by atomic mass is 19.1. The topological polar surface area (TPSA) is 65.3 Å². The van der Waals surface area contributed by atoms with Crippen molar-refractivity contribution < 1.29 is 4.39 Å². The van der Waals surface area contributed by atoms with Crippen molar-refractivity contribution >= 4 is 5.65 Å². The van der Waals surface area contributed by atoms with Crippen molar-refractivity contribution in [1.82, 2.24) is 14.0 Å². The maximum Gasteiger partial charge on any atom is 0.339 e. The van der Waals surface area contributed by atoms with E-state index in [0.717, 1.165) is 0 Å². The lowest BCUT2D eigenvalue weighted by Gasteiger charge is -2.15.